The van der Waals surface area contributed by atoms with Crippen LogP contribution in [0, 0.1) is 5.41 Å². The van der Waals surface area contributed by atoms with Gasteiger partial charge in [0.25, 0.3) is 0 Å². The predicted octanol–water partition coefficient (Wildman–Crippen LogP) is 3.77. The first-order chi connectivity index (χ1) is 10.1. The number of hydrogen-bond donors (Lipinski definition) is 1. The maximum Gasteiger partial charge on any atom is 0.230 e. The van der Waals surface area contributed by atoms with E-state index in [4.69, 9.17) is 17.3 Å². The zero-order valence-corrected chi connectivity index (χ0v) is 13.7. The van der Waals surface area contributed by atoms with E-state index in [1.807, 2.05) is 29.2 Å². The monoisotopic (exact) mass is 308 g/mol. The van der Waals surface area contributed by atoms with Crippen molar-refractivity contribution in [1.29, 1.82) is 0 Å². The summed E-state index contributed by atoms with van der Waals surface area (Å²) >= 11 is 6.33. The Hall–Kier alpha value is -1.06. The number of benzene rings is 1. The lowest BCUT2D eigenvalue weighted by atomic mass is 9.80. The average molecular weight is 309 g/mol. The van der Waals surface area contributed by atoms with Gasteiger partial charge in [-0.05, 0) is 37.3 Å². The third kappa shape index (κ3) is 2.95. The summed E-state index contributed by atoms with van der Waals surface area (Å²) in [6, 6.07) is 7.93. The van der Waals surface area contributed by atoms with Crippen LogP contribution in [0.25, 0.3) is 0 Å². The van der Waals surface area contributed by atoms with E-state index in [9.17, 15) is 4.79 Å². The number of hydrogen-bond acceptors (Lipinski definition) is 2. The van der Waals surface area contributed by atoms with Crippen molar-refractivity contribution in [2.75, 3.05) is 13.1 Å². The molecular weight excluding hydrogens is 284 g/mol. The summed E-state index contributed by atoms with van der Waals surface area (Å²) in [5.74, 6) is 0.192. The number of carbonyl (C=O) groups is 1. The number of amides is 1. The molecule has 116 valence electrons. The minimum Gasteiger partial charge on any atom is -0.335 e. The first-order valence-corrected chi connectivity index (χ1v) is 8.23. The summed E-state index contributed by atoms with van der Waals surface area (Å²) in [7, 11) is 0. The number of nitrogens with two attached hydrogens (primary N) is 1. The topological polar surface area (TPSA) is 46.3 Å². The zero-order valence-electron chi connectivity index (χ0n) is 12.9. The molecule has 1 fully saturated rings. The van der Waals surface area contributed by atoms with E-state index in [1.165, 1.54) is 0 Å². The number of halogens is 1. The van der Waals surface area contributed by atoms with Gasteiger partial charge >= 0.3 is 0 Å². The molecule has 4 heteroatoms. The van der Waals surface area contributed by atoms with Crippen molar-refractivity contribution >= 4 is 17.5 Å². The number of rotatable bonds is 5. The minimum absolute atomic E-state index is 0.0928. The molecule has 2 N–H and O–H groups in total. The Bertz CT molecular complexity index is 491. The summed E-state index contributed by atoms with van der Waals surface area (Å²) in [4.78, 5) is 15.1. The fourth-order valence-electron chi connectivity index (χ4n) is 3.31. The highest BCUT2D eigenvalue weighted by Crippen LogP contribution is 2.39. The summed E-state index contributed by atoms with van der Waals surface area (Å²) in [6.45, 7) is 5.31. The second kappa shape index (κ2) is 6.80. The standard InChI is InChI=1S/C17H25ClN2O/c1-3-17(4-2,12-19)16(21)20-11-7-10-15(20)13-8-5-6-9-14(13)18/h5-6,8-9,15H,3-4,7,10-12,19H2,1-2H3. The molecule has 0 spiro atoms. The van der Waals surface area contributed by atoms with Crippen molar-refractivity contribution in [2.45, 2.75) is 45.6 Å². The quantitative estimate of drug-likeness (QED) is 0.900. The Morgan fingerprint density at radius 3 is 2.62 bits per heavy atom. The molecule has 3 nitrogen and oxygen atoms in total. The van der Waals surface area contributed by atoms with Gasteiger partial charge in [0.05, 0.1) is 11.5 Å². The summed E-state index contributed by atoms with van der Waals surface area (Å²) < 4.78 is 0. The van der Waals surface area contributed by atoms with Crippen molar-refractivity contribution in [1.82, 2.24) is 4.90 Å². The van der Waals surface area contributed by atoms with E-state index < -0.39 is 5.41 Å². The Morgan fingerprint density at radius 1 is 1.38 bits per heavy atom. The molecule has 1 aliphatic rings. The Kier molecular flexibility index (Phi) is 5.28. The molecule has 21 heavy (non-hydrogen) atoms. The zero-order chi connectivity index (χ0) is 15.5. The maximum atomic E-state index is 13.1. The van der Waals surface area contributed by atoms with Crippen LogP contribution in [-0.4, -0.2) is 23.9 Å². The van der Waals surface area contributed by atoms with Crippen LogP contribution in [0.3, 0.4) is 0 Å². The molecule has 1 aromatic rings. The molecule has 0 aliphatic carbocycles. The lowest BCUT2D eigenvalue weighted by Gasteiger charge is -2.36. The first kappa shape index (κ1) is 16.3. The highest BCUT2D eigenvalue weighted by atomic mass is 35.5. The number of carbonyl (C=O) groups excluding carboxylic acids is 1. The fraction of sp³-hybridized carbons (Fsp3) is 0.588. The van der Waals surface area contributed by atoms with Crippen LogP contribution in [0.5, 0.6) is 0 Å². The van der Waals surface area contributed by atoms with Gasteiger partial charge in [0.15, 0.2) is 0 Å². The highest BCUT2D eigenvalue weighted by Gasteiger charge is 2.41. The average Bonchev–Trinajstić information content (AvgIpc) is 2.99. The Balaban J connectivity index is 2.31. The van der Waals surface area contributed by atoms with Crippen LogP contribution >= 0.6 is 11.6 Å². The van der Waals surface area contributed by atoms with Gasteiger partial charge in [-0.2, -0.15) is 0 Å². The molecule has 1 saturated heterocycles. The van der Waals surface area contributed by atoms with Gasteiger partial charge in [0.2, 0.25) is 5.91 Å². The van der Waals surface area contributed by atoms with Crippen molar-refractivity contribution in [3.8, 4) is 0 Å². The summed E-state index contributed by atoms with van der Waals surface area (Å²) in [5.41, 5.74) is 6.57. The molecule has 1 aliphatic heterocycles. The number of likely N-dealkylation sites (tertiary alicyclic amines) is 1. The lowest BCUT2D eigenvalue weighted by Crippen LogP contribution is -2.47. The molecule has 1 amide bonds. The molecule has 1 unspecified atom stereocenters. The molecule has 1 heterocycles. The fourth-order valence-corrected chi connectivity index (χ4v) is 3.57. The smallest absolute Gasteiger partial charge is 0.230 e. The Morgan fingerprint density at radius 2 is 2.05 bits per heavy atom. The summed E-state index contributed by atoms with van der Waals surface area (Å²) in [5, 5.41) is 0.744. The predicted molar refractivity (Wildman–Crippen MR) is 87.2 cm³/mol. The van der Waals surface area contributed by atoms with E-state index in [1.54, 1.807) is 0 Å². The molecule has 1 aromatic carbocycles. The molecule has 0 saturated carbocycles. The van der Waals surface area contributed by atoms with Crippen LogP contribution in [0.4, 0.5) is 0 Å². The van der Waals surface area contributed by atoms with Gasteiger partial charge < -0.3 is 10.6 Å². The van der Waals surface area contributed by atoms with Crippen molar-refractivity contribution in [3.63, 3.8) is 0 Å². The molecule has 1 atom stereocenters. The van der Waals surface area contributed by atoms with Crippen molar-refractivity contribution in [3.05, 3.63) is 34.9 Å². The first-order valence-electron chi connectivity index (χ1n) is 7.85. The third-order valence-corrected chi connectivity index (χ3v) is 5.32. The second-order valence-corrected chi connectivity index (χ2v) is 6.28. The van der Waals surface area contributed by atoms with E-state index in [2.05, 4.69) is 13.8 Å². The maximum absolute atomic E-state index is 13.1. The molecular formula is C17H25ClN2O. The van der Waals surface area contributed by atoms with Crippen molar-refractivity contribution in [2.24, 2.45) is 11.1 Å². The second-order valence-electron chi connectivity index (χ2n) is 5.87. The van der Waals surface area contributed by atoms with E-state index in [-0.39, 0.29) is 11.9 Å². The summed E-state index contributed by atoms with van der Waals surface area (Å²) in [6.07, 6.45) is 3.56. The van der Waals surface area contributed by atoms with Crippen LogP contribution in [0.2, 0.25) is 5.02 Å². The van der Waals surface area contributed by atoms with Crippen LogP contribution < -0.4 is 5.73 Å². The van der Waals surface area contributed by atoms with Gasteiger partial charge in [0, 0.05) is 18.1 Å². The van der Waals surface area contributed by atoms with Crippen molar-refractivity contribution < 1.29 is 4.79 Å². The molecule has 0 bridgehead atoms. The highest BCUT2D eigenvalue weighted by molar-refractivity contribution is 6.31. The van der Waals surface area contributed by atoms with E-state index >= 15 is 0 Å². The lowest BCUT2D eigenvalue weighted by molar-refractivity contribution is -0.143. The van der Waals surface area contributed by atoms with Gasteiger partial charge in [-0.1, -0.05) is 43.6 Å². The third-order valence-electron chi connectivity index (χ3n) is 4.98. The van der Waals surface area contributed by atoms with E-state index in [0.29, 0.717) is 6.54 Å². The molecule has 0 aromatic heterocycles. The van der Waals surface area contributed by atoms with Crippen LogP contribution in [-0.2, 0) is 4.79 Å². The van der Waals surface area contributed by atoms with E-state index in [0.717, 1.165) is 42.8 Å². The van der Waals surface area contributed by atoms with Gasteiger partial charge in [-0.3, -0.25) is 4.79 Å². The molecule has 0 radical (unpaired) electrons. The van der Waals surface area contributed by atoms with Gasteiger partial charge in [-0.15, -0.1) is 0 Å². The van der Waals surface area contributed by atoms with Crippen LogP contribution in [0.1, 0.15) is 51.1 Å². The molecule has 2 rings (SSSR count). The van der Waals surface area contributed by atoms with Gasteiger partial charge in [0.1, 0.15) is 0 Å². The van der Waals surface area contributed by atoms with Crippen LogP contribution in [0.15, 0.2) is 24.3 Å². The Labute approximate surface area is 132 Å². The normalized spacial score (nSPS) is 19.0. The number of nitrogens with zero attached hydrogens (tertiary/aromatic N) is 1. The van der Waals surface area contributed by atoms with Gasteiger partial charge in [-0.25, -0.2) is 0 Å². The minimum atomic E-state index is -0.427. The largest absolute Gasteiger partial charge is 0.335 e. The SMILES string of the molecule is CCC(CC)(CN)C(=O)N1CCCC1c1ccccc1Cl.